The molecule has 1 aromatic heterocycles. The fourth-order valence-corrected chi connectivity index (χ4v) is 2.76. The van der Waals surface area contributed by atoms with E-state index in [2.05, 4.69) is 22.9 Å². The van der Waals surface area contributed by atoms with Crippen LogP contribution in [0.3, 0.4) is 0 Å². The lowest BCUT2D eigenvalue weighted by Gasteiger charge is -2.18. The molecule has 0 aliphatic carbocycles. The summed E-state index contributed by atoms with van der Waals surface area (Å²) in [7, 11) is 1.81. The Hall–Kier alpha value is -1.75. The maximum absolute atomic E-state index is 12.6. The molecule has 0 unspecified atom stereocenters. The van der Waals surface area contributed by atoms with Crippen molar-refractivity contribution in [3.63, 3.8) is 0 Å². The molecule has 0 atom stereocenters. The van der Waals surface area contributed by atoms with Crippen LogP contribution >= 0.6 is 15.9 Å². The van der Waals surface area contributed by atoms with E-state index in [0.717, 1.165) is 23.0 Å². The Morgan fingerprint density at radius 3 is 2.81 bits per heavy atom. The van der Waals surface area contributed by atoms with E-state index in [0.29, 0.717) is 17.9 Å². The fraction of sp³-hybridized carbons (Fsp3) is 0.312. The monoisotopic (exact) mass is 349 g/mol. The number of rotatable bonds is 5. The van der Waals surface area contributed by atoms with Gasteiger partial charge in [-0.3, -0.25) is 4.79 Å². The fourth-order valence-electron chi connectivity index (χ4n) is 2.31. The van der Waals surface area contributed by atoms with E-state index in [1.165, 1.54) is 0 Å². The topological polar surface area (TPSA) is 51.3 Å². The van der Waals surface area contributed by atoms with Crippen molar-refractivity contribution >= 4 is 27.5 Å². The van der Waals surface area contributed by atoms with Crippen LogP contribution in [0.4, 0.5) is 5.69 Å². The molecule has 1 aromatic carbocycles. The molecule has 5 heteroatoms. The highest BCUT2D eigenvalue weighted by atomic mass is 79.9. The first-order valence-electron chi connectivity index (χ1n) is 6.96. The SMILES string of the molecule is CCCn1cc(N)cc1C(=O)N(C)Cc1cccc(Br)c1. The van der Waals surface area contributed by atoms with Crippen LogP contribution in [0.5, 0.6) is 0 Å². The molecule has 1 heterocycles. The van der Waals surface area contributed by atoms with Crippen molar-refractivity contribution in [2.45, 2.75) is 26.4 Å². The Labute approximate surface area is 133 Å². The number of amides is 1. The van der Waals surface area contributed by atoms with E-state index in [1.54, 1.807) is 11.0 Å². The highest BCUT2D eigenvalue weighted by molar-refractivity contribution is 9.10. The molecule has 0 bridgehead atoms. The van der Waals surface area contributed by atoms with Crippen molar-refractivity contribution in [2.75, 3.05) is 12.8 Å². The van der Waals surface area contributed by atoms with Crippen molar-refractivity contribution in [1.82, 2.24) is 9.47 Å². The van der Waals surface area contributed by atoms with Crippen molar-refractivity contribution in [2.24, 2.45) is 0 Å². The van der Waals surface area contributed by atoms with Crippen molar-refractivity contribution in [3.05, 3.63) is 52.3 Å². The Morgan fingerprint density at radius 1 is 1.38 bits per heavy atom. The third-order valence-corrected chi connectivity index (χ3v) is 3.75. The summed E-state index contributed by atoms with van der Waals surface area (Å²) in [6.45, 7) is 3.44. The molecule has 0 fully saturated rings. The second-order valence-electron chi connectivity index (χ2n) is 5.14. The highest BCUT2D eigenvalue weighted by Crippen LogP contribution is 2.16. The maximum atomic E-state index is 12.6. The van der Waals surface area contributed by atoms with E-state index >= 15 is 0 Å². The lowest BCUT2D eigenvalue weighted by Crippen LogP contribution is -2.28. The molecule has 0 aliphatic rings. The number of hydrogen-bond donors (Lipinski definition) is 1. The van der Waals surface area contributed by atoms with Crippen LogP contribution in [0.25, 0.3) is 0 Å². The molecule has 4 nitrogen and oxygen atoms in total. The number of carbonyl (C=O) groups excluding carboxylic acids is 1. The molecule has 2 aromatic rings. The van der Waals surface area contributed by atoms with Gasteiger partial charge in [-0.05, 0) is 30.2 Å². The van der Waals surface area contributed by atoms with E-state index < -0.39 is 0 Å². The highest BCUT2D eigenvalue weighted by Gasteiger charge is 2.17. The third-order valence-electron chi connectivity index (χ3n) is 3.26. The number of halogens is 1. The van der Waals surface area contributed by atoms with Gasteiger partial charge in [0, 0.05) is 30.8 Å². The predicted molar refractivity (Wildman–Crippen MR) is 89.1 cm³/mol. The summed E-state index contributed by atoms with van der Waals surface area (Å²) in [4.78, 5) is 14.3. The number of aromatic nitrogens is 1. The first-order chi connectivity index (χ1) is 10.0. The van der Waals surface area contributed by atoms with Gasteiger partial charge in [0.1, 0.15) is 5.69 Å². The summed E-state index contributed by atoms with van der Waals surface area (Å²) in [5.74, 6) is -0.0138. The summed E-state index contributed by atoms with van der Waals surface area (Å²) >= 11 is 3.45. The second-order valence-corrected chi connectivity index (χ2v) is 6.06. The van der Waals surface area contributed by atoms with Crippen LogP contribution in [-0.2, 0) is 13.1 Å². The number of nitrogens with zero attached hydrogens (tertiary/aromatic N) is 2. The van der Waals surface area contributed by atoms with Crippen LogP contribution in [-0.4, -0.2) is 22.4 Å². The number of carbonyl (C=O) groups is 1. The number of anilines is 1. The molecule has 112 valence electrons. The molecular formula is C16H20BrN3O. The molecular weight excluding hydrogens is 330 g/mol. The minimum absolute atomic E-state index is 0.0138. The molecule has 0 saturated carbocycles. The number of nitrogen functional groups attached to an aromatic ring is 1. The Bertz CT molecular complexity index is 636. The van der Waals surface area contributed by atoms with Gasteiger partial charge >= 0.3 is 0 Å². The summed E-state index contributed by atoms with van der Waals surface area (Å²) in [5.41, 5.74) is 8.18. The quantitative estimate of drug-likeness (QED) is 0.897. The van der Waals surface area contributed by atoms with Gasteiger partial charge in [0.25, 0.3) is 5.91 Å². The van der Waals surface area contributed by atoms with Crippen LogP contribution < -0.4 is 5.73 Å². The smallest absolute Gasteiger partial charge is 0.270 e. The summed E-state index contributed by atoms with van der Waals surface area (Å²) in [6.07, 6.45) is 2.79. The van der Waals surface area contributed by atoms with E-state index in [1.807, 2.05) is 42.1 Å². The molecule has 0 aliphatic heterocycles. The average molecular weight is 350 g/mol. The lowest BCUT2D eigenvalue weighted by molar-refractivity contribution is 0.0774. The molecule has 0 saturated heterocycles. The van der Waals surface area contributed by atoms with Gasteiger partial charge in [0.2, 0.25) is 0 Å². The summed E-state index contributed by atoms with van der Waals surface area (Å²) in [6, 6.07) is 9.71. The molecule has 1 amide bonds. The van der Waals surface area contributed by atoms with Crippen LogP contribution in [0, 0.1) is 0 Å². The molecule has 21 heavy (non-hydrogen) atoms. The van der Waals surface area contributed by atoms with Crippen LogP contribution in [0.2, 0.25) is 0 Å². The minimum Gasteiger partial charge on any atom is -0.397 e. The van der Waals surface area contributed by atoms with Gasteiger partial charge in [-0.15, -0.1) is 0 Å². The van der Waals surface area contributed by atoms with Crippen molar-refractivity contribution in [1.29, 1.82) is 0 Å². The van der Waals surface area contributed by atoms with Gasteiger partial charge in [-0.25, -0.2) is 0 Å². The van der Waals surface area contributed by atoms with Gasteiger partial charge in [0.15, 0.2) is 0 Å². The minimum atomic E-state index is -0.0138. The normalized spacial score (nSPS) is 10.6. The van der Waals surface area contributed by atoms with Crippen LogP contribution in [0.1, 0.15) is 29.4 Å². The number of hydrogen-bond acceptors (Lipinski definition) is 2. The standard InChI is InChI=1S/C16H20BrN3O/c1-3-7-20-11-14(18)9-15(20)16(21)19(2)10-12-5-4-6-13(17)8-12/h4-6,8-9,11H,3,7,10,18H2,1-2H3. The first-order valence-corrected chi connectivity index (χ1v) is 7.76. The van der Waals surface area contributed by atoms with Gasteiger partial charge in [-0.1, -0.05) is 35.0 Å². The van der Waals surface area contributed by atoms with E-state index in [-0.39, 0.29) is 5.91 Å². The van der Waals surface area contributed by atoms with Crippen molar-refractivity contribution < 1.29 is 4.79 Å². The zero-order valence-corrected chi connectivity index (χ0v) is 13.9. The second kappa shape index (κ2) is 6.80. The molecule has 0 spiro atoms. The zero-order valence-electron chi connectivity index (χ0n) is 12.3. The van der Waals surface area contributed by atoms with Gasteiger partial charge in [-0.2, -0.15) is 0 Å². The molecule has 2 N–H and O–H groups in total. The van der Waals surface area contributed by atoms with Crippen molar-refractivity contribution in [3.8, 4) is 0 Å². The lowest BCUT2D eigenvalue weighted by atomic mass is 10.2. The Balaban J connectivity index is 2.15. The van der Waals surface area contributed by atoms with E-state index in [4.69, 9.17) is 5.73 Å². The molecule has 0 radical (unpaired) electrons. The van der Waals surface area contributed by atoms with Gasteiger partial charge in [0.05, 0.1) is 5.69 Å². The number of benzene rings is 1. The van der Waals surface area contributed by atoms with E-state index in [9.17, 15) is 4.79 Å². The average Bonchev–Trinajstić information content (AvgIpc) is 2.79. The predicted octanol–water partition coefficient (Wildman–Crippen LogP) is 3.52. The van der Waals surface area contributed by atoms with Gasteiger partial charge < -0.3 is 15.2 Å². The third kappa shape index (κ3) is 3.88. The summed E-state index contributed by atoms with van der Waals surface area (Å²) in [5, 5.41) is 0. The Morgan fingerprint density at radius 2 is 2.14 bits per heavy atom. The largest absolute Gasteiger partial charge is 0.397 e. The first kappa shape index (κ1) is 15.6. The zero-order chi connectivity index (χ0) is 15.4. The Kier molecular flexibility index (Phi) is 5.07. The number of aryl methyl sites for hydroxylation is 1. The number of nitrogens with two attached hydrogens (primary N) is 1. The summed E-state index contributed by atoms with van der Waals surface area (Å²) < 4.78 is 2.94. The maximum Gasteiger partial charge on any atom is 0.270 e. The molecule has 2 rings (SSSR count). The van der Waals surface area contributed by atoms with Crippen LogP contribution in [0.15, 0.2) is 41.0 Å².